The van der Waals surface area contributed by atoms with E-state index < -0.39 is 16.0 Å². The number of nitrogens with one attached hydrogen (secondary N) is 1. The van der Waals surface area contributed by atoms with E-state index in [1.54, 1.807) is 43.3 Å². The molecule has 4 aromatic rings. The summed E-state index contributed by atoms with van der Waals surface area (Å²) in [6.45, 7) is 8.94. The van der Waals surface area contributed by atoms with Crippen molar-refractivity contribution in [3.63, 3.8) is 0 Å². The molecule has 0 saturated carbocycles. The minimum Gasteiger partial charge on any atom is -0.478 e. The van der Waals surface area contributed by atoms with Gasteiger partial charge in [-0.25, -0.2) is 18.2 Å². The van der Waals surface area contributed by atoms with Gasteiger partial charge in [-0.15, -0.1) is 0 Å². The van der Waals surface area contributed by atoms with Crippen molar-refractivity contribution in [2.45, 2.75) is 25.7 Å². The van der Waals surface area contributed by atoms with Crippen LogP contribution in [-0.4, -0.2) is 50.7 Å². The summed E-state index contributed by atoms with van der Waals surface area (Å²) in [6.07, 6.45) is 0. The number of hydrogen-bond acceptors (Lipinski definition) is 6. The number of carboxylic acids is 1. The Kier molecular flexibility index (Phi) is 6.71. The molecule has 1 aliphatic rings. The molecule has 0 atom stereocenters. The molecule has 3 aromatic carbocycles. The van der Waals surface area contributed by atoms with Gasteiger partial charge in [-0.2, -0.15) is 0 Å². The Morgan fingerprint density at radius 2 is 1.58 bits per heavy atom. The van der Waals surface area contributed by atoms with Crippen LogP contribution in [0, 0.1) is 20.8 Å². The first-order valence-electron chi connectivity index (χ1n) is 12.5. The Morgan fingerprint density at radius 1 is 0.868 bits per heavy atom. The van der Waals surface area contributed by atoms with Crippen LogP contribution in [0.25, 0.3) is 10.9 Å². The molecule has 8 nitrogen and oxygen atoms in total. The summed E-state index contributed by atoms with van der Waals surface area (Å²) in [5.74, 6) is -0.490. The van der Waals surface area contributed by atoms with E-state index in [1.807, 2.05) is 0 Å². The van der Waals surface area contributed by atoms with Crippen LogP contribution < -0.4 is 14.5 Å². The van der Waals surface area contributed by atoms with Crippen molar-refractivity contribution in [2.24, 2.45) is 0 Å². The lowest BCUT2D eigenvalue weighted by Gasteiger charge is -2.37. The fourth-order valence-corrected chi connectivity index (χ4v) is 6.22. The van der Waals surface area contributed by atoms with Crippen LogP contribution in [0.4, 0.5) is 17.2 Å². The molecule has 1 aliphatic heterocycles. The third kappa shape index (κ3) is 5.02. The molecule has 0 unspecified atom stereocenters. The summed E-state index contributed by atoms with van der Waals surface area (Å²) in [5.41, 5.74) is 5.15. The summed E-state index contributed by atoms with van der Waals surface area (Å²) in [7, 11) is -3.84. The normalized spacial score (nSPS) is 14.1. The lowest BCUT2D eigenvalue weighted by molar-refractivity contribution is 0.0699. The highest BCUT2D eigenvalue weighted by molar-refractivity contribution is 7.92. The molecule has 2 N–H and O–H groups in total. The summed E-state index contributed by atoms with van der Waals surface area (Å²) >= 11 is 0. The van der Waals surface area contributed by atoms with E-state index in [0.717, 1.165) is 13.1 Å². The number of piperazine rings is 1. The molecule has 0 radical (unpaired) electrons. The quantitative estimate of drug-likeness (QED) is 0.362. The first kappa shape index (κ1) is 25.5. The van der Waals surface area contributed by atoms with Crippen LogP contribution in [0.5, 0.6) is 0 Å². The third-order valence-electron chi connectivity index (χ3n) is 6.97. The van der Waals surface area contributed by atoms with Gasteiger partial charge in [0.1, 0.15) is 5.82 Å². The summed E-state index contributed by atoms with van der Waals surface area (Å²) in [5, 5.41) is 10.4. The zero-order chi connectivity index (χ0) is 27.0. The minimum atomic E-state index is -3.84. The van der Waals surface area contributed by atoms with Crippen molar-refractivity contribution >= 4 is 44.1 Å². The van der Waals surface area contributed by atoms with Crippen LogP contribution >= 0.6 is 0 Å². The first-order valence-corrected chi connectivity index (χ1v) is 13.9. The van der Waals surface area contributed by atoms with Gasteiger partial charge in [0.05, 0.1) is 16.0 Å². The molecule has 38 heavy (non-hydrogen) atoms. The number of carbonyl (C=O) groups is 1. The smallest absolute Gasteiger partial charge is 0.336 e. The molecular weight excluding hydrogens is 500 g/mol. The van der Waals surface area contributed by atoms with Crippen molar-refractivity contribution < 1.29 is 18.3 Å². The fourth-order valence-electron chi connectivity index (χ4n) is 4.92. The third-order valence-corrected chi connectivity index (χ3v) is 8.51. The molecule has 0 aliphatic carbocycles. The first-order chi connectivity index (χ1) is 18.1. The number of benzene rings is 3. The maximum absolute atomic E-state index is 13.0. The molecule has 0 spiro atoms. The number of carboxylic acid groups (broad SMARTS) is 1. The molecule has 1 saturated heterocycles. The molecule has 5 rings (SSSR count). The van der Waals surface area contributed by atoms with Crippen molar-refractivity contribution in [1.82, 2.24) is 4.98 Å². The highest BCUT2D eigenvalue weighted by atomic mass is 32.2. The number of aromatic nitrogens is 1. The van der Waals surface area contributed by atoms with E-state index in [4.69, 9.17) is 4.98 Å². The largest absolute Gasteiger partial charge is 0.478 e. The van der Waals surface area contributed by atoms with Crippen LogP contribution in [0.1, 0.15) is 27.0 Å². The van der Waals surface area contributed by atoms with Crippen LogP contribution in [0.3, 0.4) is 0 Å². The topological polar surface area (TPSA) is 103 Å². The van der Waals surface area contributed by atoms with E-state index in [1.165, 1.54) is 28.9 Å². The van der Waals surface area contributed by atoms with Gasteiger partial charge in [0.2, 0.25) is 0 Å². The van der Waals surface area contributed by atoms with Gasteiger partial charge < -0.3 is 14.9 Å². The lowest BCUT2D eigenvalue weighted by atomic mass is 10.1. The number of fused-ring (bicyclic) bond motifs is 1. The zero-order valence-corrected chi connectivity index (χ0v) is 22.4. The average molecular weight is 531 g/mol. The second-order valence-electron chi connectivity index (χ2n) is 9.70. The number of aromatic carboxylic acids is 1. The van der Waals surface area contributed by atoms with Gasteiger partial charge in [0.15, 0.2) is 0 Å². The number of pyridine rings is 1. The van der Waals surface area contributed by atoms with E-state index >= 15 is 0 Å². The molecule has 196 valence electrons. The van der Waals surface area contributed by atoms with Crippen LogP contribution in [0.15, 0.2) is 71.6 Å². The fraction of sp³-hybridized carbons (Fsp3) is 0.241. The Hall–Kier alpha value is -4.11. The number of nitrogens with zero attached hydrogens (tertiary/aromatic N) is 3. The molecular formula is C29H30N4O4S. The lowest BCUT2D eigenvalue weighted by Crippen LogP contribution is -2.47. The standard InChI is InChI=1S/C29H30N4O4S/c1-19-8-9-20(2)26(16-19)32-12-14-33(15-13-32)28-18-24(29(34)35)23-17-22(10-11-25(23)30-28)31-38(36,37)27-7-5-4-6-21(27)3/h4-11,16-18,31H,12-15H2,1-3H3,(H,34,35). The van der Waals surface area contributed by atoms with E-state index in [9.17, 15) is 18.3 Å². The Labute approximate surface area is 222 Å². The summed E-state index contributed by atoms with van der Waals surface area (Å²) in [4.78, 5) is 21.6. The SMILES string of the molecule is Cc1ccc(C)c(N2CCN(c3cc(C(=O)O)c4cc(NS(=O)(=O)c5ccccc5C)ccc4n3)CC2)c1. The highest BCUT2D eigenvalue weighted by Crippen LogP contribution is 2.29. The van der Waals surface area contributed by atoms with Gasteiger partial charge in [0, 0.05) is 42.9 Å². The van der Waals surface area contributed by atoms with Crippen molar-refractivity contribution in [1.29, 1.82) is 0 Å². The molecule has 1 aromatic heterocycles. The highest BCUT2D eigenvalue weighted by Gasteiger charge is 2.23. The van der Waals surface area contributed by atoms with E-state index in [-0.39, 0.29) is 16.1 Å². The van der Waals surface area contributed by atoms with Gasteiger partial charge in [-0.1, -0.05) is 30.3 Å². The zero-order valence-electron chi connectivity index (χ0n) is 21.6. The Morgan fingerprint density at radius 3 is 2.29 bits per heavy atom. The van der Waals surface area contributed by atoms with E-state index in [0.29, 0.717) is 35.4 Å². The maximum Gasteiger partial charge on any atom is 0.336 e. The average Bonchev–Trinajstić information content (AvgIpc) is 2.89. The van der Waals surface area contributed by atoms with Crippen LogP contribution in [-0.2, 0) is 10.0 Å². The maximum atomic E-state index is 13.0. The minimum absolute atomic E-state index is 0.0823. The number of anilines is 3. The molecule has 1 fully saturated rings. The predicted molar refractivity (Wildman–Crippen MR) is 151 cm³/mol. The van der Waals surface area contributed by atoms with Crippen molar-refractivity contribution in [3.8, 4) is 0 Å². The molecule has 2 heterocycles. The molecule has 0 amide bonds. The second-order valence-corrected chi connectivity index (χ2v) is 11.4. The number of sulfonamides is 1. The Balaban J connectivity index is 1.41. The van der Waals surface area contributed by atoms with Crippen molar-refractivity contribution in [2.75, 3.05) is 40.7 Å². The van der Waals surface area contributed by atoms with Gasteiger partial charge >= 0.3 is 5.97 Å². The molecule has 9 heteroatoms. The number of aryl methyl sites for hydroxylation is 3. The molecule has 0 bridgehead atoms. The number of rotatable bonds is 6. The second kappa shape index (κ2) is 9.98. The monoisotopic (exact) mass is 530 g/mol. The van der Waals surface area contributed by atoms with Crippen LogP contribution in [0.2, 0.25) is 0 Å². The summed E-state index contributed by atoms with van der Waals surface area (Å²) < 4.78 is 28.5. The summed E-state index contributed by atoms with van der Waals surface area (Å²) in [6, 6.07) is 19.5. The Bertz CT molecular complexity index is 1640. The number of hydrogen-bond donors (Lipinski definition) is 2. The van der Waals surface area contributed by atoms with E-state index in [2.05, 4.69) is 46.6 Å². The van der Waals surface area contributed by atoms with Crippen molar-refractivity contribution in [3.05, 3.63) is 89.0 Å². The predicted octanol–water partition coefficient (Wildman–Crippen LogP) is 4.99. The van der Waals surface area contributed by atoms with Gasteiger partial charge in [-0.05, 0) is 73.9 Å². The van der Waals surface area contributed by atoms with Gasteiger partial charge in [-0.3, -0.25) is 4.72 Å². The van der Waals surface area contributed by atoms with Gasteiger partial charge in [0.25, 0.3) is 10.0 Å².